The number of nitrogens with one attached hydrogen (secondary N) is 2. The molecule has 2 aromatic carbocycles. The van der Waals surface area contributed by atoms with Crippen LogP contribution in [0.4, 0.5) is 11.5 Å². The molecule has 0 amide bonds. The fraction of sp³-hybridized carbons (Fsp3) is 0.200. The Morgan fingerprint density at radius 1 is 1.19 bits per heavy atom. The lowest BCUT2D eigenvalue weighted by molar-refractivity contribution is 0.408. The number of aromatic amines is 1. The van der Waals surface area contributed by atoms with E-state index in [2.05, 4.69) is 39.6 Å². The van der Waals surface area contributed by atoms with Crippen molar-refractivity contribution in [2.24, 2.45) is 0 Å². The van der Waals surface area contributed by atoms with Gasteiger partial charge in [-0.1, -0.05) is 12.1 Å². The van der Waals surface area contributed by atoms with E-state index in [4.69, 9.17) is 9.15 Å². The summed E-state index contributed by atoms with van der Waals surface area (Å²) >= 11 is 0. The highest BCUT2D eigenvalue weighted by molar-refractivity contribution is 5.94. The summed E-state index contributed by atoms with van der Waals surface area (Å²) in [6, 6.07) is 10.3. The molecule has 5 rings (SSSR count). The maximum atomic E-state index is 5.75. The molecule has 0 fully saturated rings. The highest BCUT2D eigenvalue weighted by Gasteiger charge is 2.30. The molecule has 6 nitrogen and oxygen atoms in total. The van der Waals surface area contributed by atoms with Gasteiger partial charge >= 0.3 is 0 Å². The quantitative estimate of drug-likeness (QED) is 0.503. The van der Waals surface area contributed by atoms with E-state index in [-0.39, 0.29) is 0 Å². The van der Waals surface area contributed by atoms with Crippen LogP contribution in [0.1, 0.15) is 22.6 Å². The Morgan fingerprint density at radius 2 is 2.08 bits per heavy atom. The molecule has 1 aliphatic carbocycles. The van der Waals surface area contributed by atoms with E-state index in [1.54, 1.807) is 7.11 Å². The highest BCUT2D eigenvalue weighted by Crippen LogP contribution is 2.45. The first kappa shape index (κ1) is 15.0. The van der Waals surface area contributed by atoms with Gasteiger partial charge in [0.1, 0.15) is 11.3 Å². The Morgan fingerprint density at radius 3 is 2.88 bits per heavy atom. The van der Waals surface area contributed by atoms with Gasteiger partial charge in [0, 0.05) is 30.2 Å². The van der Waals surface area contributed by atoms with Crippen LogP contribution in [-0.2, 0) is 6.42 Å². The van der Waals surface area contributed by atoms with E-state index in [1.807, 2.05) is 25.1 Å². The molecule has 6 heteroatoms. The second-order valence-corrected chi connectivity index (χ2v) is 6.61. The van der Waals surface area contributed by atoms with Crippen molar-refractivity contribution in [1.82, 2.24) is 15.2 Å². The van der Waals surface area contributed by atoms with Crippen LogP contribution in [0.25, 0.3) is 22.4 Å². The maximum Gasteiger partial charge on any atom is 0.196 e. The predicted octanol–water partition coefficient (Wildman–Crippen LogP) is 4.49. The number of oxazole rings is 1. The Bertz CT molecular complexity index is 1160. The lowest BCUT2D eigenvalue weighted by Crippen LogP contribution is -1.95. The Balaban J connectivity index is 1.62. The average molecular weight is 346 g/mol. The molecule has 0 unspecified atom stereocenters. The number of aryl methyl sites for hydroxylation is 2. The summed E-state index contributed by atoms with van der Waals surface area (Å²) in [5.74, 6) is 2.23. The van der Waals surface area contributed by atoms with Crippen molar-refractivity contribution in [2.45, 2.75) is 20.3 Å². The van der Waals surface area contributed by atoms with Crippen LogP contribution in [0.5, 0.6) is 5.75 Å². The second kappa shape index (κ2) is 5.36. The third-order valence-corrected chi connectivity index (χ3v) is 4.83. The number of H-pyrrole nitrogens is 1. The number of rotatable bonds is 3. The topological polar surface area (TPSA) is 76.0 Å². The van der Waals surface area contributed by atoms with Crippen molar-refractivity contribution in [1.29, 1.82) is 0 Å². The molecule has 0 aliphatic heterocycles. The van der Waals surface area contributed by atoms with Crippen LogP contribution in [0, 0.1) is 13.8 Å². The summed E-state index contributed by atoms with van der Waals surface area (Å²) in [6.45, 7) is 3.93. The van der Waals surface area contributed by atoms with Gasteiger partial charge < -0.3 is 14.5 Å². The van der Waals surface area contributed by atoms with Gasteiger partial charge in [-0.25, -0.2) is 4.98 Å². The van der Waals surface area contributed by atoms with E-state index in [1.165, 1.54) is 5.56 Å². The summed E-state index contributed by atoms with van der Waals surface area (Å²) in [5, 5.41) is 11.1. The van der Waals surface area contributed by atoms with Crippen LogP contribution >= 0.6 is 0 Å². The number of hydrogen-bond donors (Lipinski definition) is 2. The molecule has 2 N–H and O–H groups in total. The number of hydrogen-bond acceptors (Lipinski definition) is 5. The van der Waals surface area contributed by atoms with E-state index in [9.17, 15) is 0 Å². The van der Waals surface area contributed by atoms with Crippen molar-refractivity contribution in [3.63, 3.8) is 0 Å². The molecule has 0 radical (unpaired) electrons. The predicted molar refractivity (Wildman–Crippen MR) is 100 cm³/mol. The zero-order valence-electron chi connectivity index (χ0n) is 14.8. The van der Waals surface area contributed by atoms with Gasteiger partial charge in [-0.05, 0) is 36.2 Å². The fourth-order valence-corrected chi connectivity index (χ4v) is 3.66. The first-order valence-electron chi connectivity index (χ1n) is 8.52. The minimum atomic E-state index is 0.635. The fourth-order valence-electron chi connectivity index (χ4n) is 3.66. The smallest absolute Gasteiger partial charge is 0.196 e. The molecular formula is C20H18N4O2. The maximum absolute atomic E-state index is 5.75. The minimum absolute atomic E-state index is 0.635. The monoisotopic (exact) mass is 346 g/mol. The molecule has 0 saturated heterocycles. The summed E-state index contributed by atoms with van der Waals surface area (Å²) < 4.78 is 11.3. The zero-order valence-corrected chi connectivity index (χ0v) is 14.8. The van der Waals surface area contributed by atoms with E-state index in [0.29, 0.717) is 17.2 Å². The van der Waals surface area contributed by atoms with Crippen LogP contribution in [0.15, 0.2) is 34.7 Å². The Hall–Kier alpha value is -3.28. The van der Waals surface area contributed by atoms with Crippen molar-refractivity contribution < 1.29 is 9.15 Å². The van der Waals surface area contributed by atoms with Gasteiger partial charge in [0.15, 0.2) is 17.2 Å². The van der Waals surface area contributed by atoms with Crippen LogP contribution < -0.4 is 10.1 Å². The van der Waals surface area contributed by atoms with E-state index >= 15 is 0 Å². The SMILES string of the molecule is COc1cc2c(c3nc(C)oc13)Cc1c-2n[nH]c1Nc1cccc(C)c1. The van der Waals surface area contributed by atoms with E-state index < -0.39 is 0 Å². The first-order valence-corrected chi connectivity index (χ1v) is 8.52. The number of aromatic nitrogens is 3. The van der Waals surface area contributed by atoms with Crippen molar-refractivity contribution >= 4 is 22.6 Å². The molecule has 0 spiro atoms. The van der Waals surface area contributed by atoms with Gasteiger partial charge in [0.05, 0.1) is 12.8 Å². The molecule has 4 aromatic rings. The molecular weight excluding hydrogens is 328 g/mol. The zero-order chi connectivity index (χ0) is 17.8. The largest absolute Gasteiger partial charge is 0.493 e. The lowest BCUT2D eigenvalue weighted by Gasteiger charge is -2.07. The number of ether oxygens (including phenoxy) is 1. The molecule has 1 aliphatic rings. The van der Waals surface area contributed by atoms with E-state index in [0.717, 1.165) is 45.8 Å². The molecule has 0 saturated carbocycles. The minimum Gasteiger partial charge on any atom is -0.493 e. The highest BCUT2D eigenvalue weighted by atomic mass is 16.5. The molecule has 2 aromatic heterocycles. The number of benzene rings is 2. The summed E-state index contributed by atoms with van der Waals surface area (Å²) in [7, 11) is 1.64. The number of fused-ring (bicyclic) bond motifs is 5. The summed E-state index contributed by atoms with van der Waals surface area (Å²) in [6.07, 6.45) is 0.752. The standard InChI is InChI=1S/C20H18N4O2/c1-10-5-4-6-12(7-10)22-20-15-8-13-14(17(15)23-24-20)9-16(25-3)19-18(13)21-11(2)26-19/h4-7,9H,8H2,1-3H3,(H2,22,23,24). The van der Waals surface area contributed by atoms with Gasteiger partial charge in [-0.15, -0.1) is 0 Å². The first-order chi connectivity index (χ1) is 12.6. The molecule has 0 atom stereocenters. The third kappa shape index (κ3) is 2.12. The number of anilines is 2. The second-order valence-electron chi connectivity index (χ2n) is 6.61. The molecule has 26 heavy (non-hydrogen) atoms. The van der Waals surface area contributed by atoms with Gasteiger partial charge in [-0.2, -0.15) is 5.10 Å². The Labute approximate surface area is 150 Å². The lowest BCUT2D eigenvalue weighted by atomic mass is 10.1. The summed E-state index contributed by atoms with van der Waals surface area (Å²) in [5.41, 5.74) is 8.06. The molecule has 130 valence electrons. The molecule has 0 bridgehead atoms. The van der Waals surface area contributed by atoms with Gasteiger partial charge in [0.2, 0.25) is 0 Å². The van der Waals surface area contributed by atoms with Gasteiger partial charge in [-0.3, -0.25) is 5.10 Å². The summed E-state index contributed by atoms with van der Waals surface area (Å²) in [4.78, 5) is 4.58. The number of methoxy groups -OCH3 is 1. The molecule has 2 heterocycles. The third-order valence-electron chi connectivity index (χ3n) is 4.83. The van der Waals surface area contributed by atoms with Crippen LogP contribution in [-0.4, -0.2) is 22.3 Å². The van der Waals surface area contributed by atoms with Crippen LogP contribution in [0.2, 0.25) is 0 Å². The van der Waals surface area contributed by atoms with Crippen molar-refractivity contribution in [2.75, 3.05) is 12.4 Å². The Kier molecular flexibility index (Phi) is 3.09. The number of nitrogens with zero attached hydrogens (tertiary/aromatic N) is 2. The van der Waals surface area contributed by atoms with Crippen molar-refractivity contribution in [3.05, 3.63) is 52.9 Å². The van der Waals surface area contributed by atoms with Crippen molar-refractivity contribution in [3.8, 4) is 17.0 Å². The van der Waals surface area contributed by atoms with Crippen LogP contribution in [0.3, 0.4) is 0 Å². The average Bonchev–Trinajstić information content (AvgIpc) is 3.28. The van der Waals surface area contributed by atoms with Gasteiger partial charge in [0.25, 0.3) is 0 Å². The normalized spacial score (nSPS) is 12.3.